The molecule has 0 aromatic carbocycles. The third kappa shape index (κ3) is 2.98. The Hall–Kier alpha value is -0.750. The van der Waals surface area contributed by atoms with Crippen LogP contribution >= 0.6 is 27.5 Å². The van der Waals surface area contributed by atoms with E-state index in [1.54, 1.807) is 0 Å². The minimum Gasteiger partial charge on any atom is -0.331 e. The average molecular weight is 340 g/mol. The standard InChI is InChI=1S/C11H10BrClF2N2O/c12-7-4-8(13)9(16-5-7)10(18)17-3-1-2-11(14,15)6-17/h4-5H,1-3,6H2. The minimum atomic E-state index is -2.82. The number of hydrogen-bond donors (Lipinski definition) is 0. The number of amides is 1. The lowest BCUT2D eigenvalue weighted by molar-refractivity contribution is -0.0561. The normalized spacial score (nSPS) is 18.8. The number of nitrogens with zero attached hydrogens (tertiary/aromatic N) is 2. The van der Waals surface area contributed by atoms with Gasteiger partial charge in [-0.2, -0.15) is 0 Å². The molecule has 18 heavy (non-hydrogen) atoms. The van der Waals surface area contributed by atoms with Gasteiger partial charge in [0.1, 0.15) is 5.69 Å². The zero-order valence-corrected chi connectivity index (χ0v) is 11.6. The number of carbonyl (C=O) groups excluding carboxylic acids is 1. The zero-order valence-electron chi connectivity index (χ0n) is 9.30. The number of hydrogen-bond acceptors (Lipinski definition) is 2. The molecule has 0 radical (unpaired) electrons. The topological polar surface area (TPSA) is 33.2 Å². The molecule has 1 amide bonds. The van der Waals surface area contributed by atoms with E-state index in [1.165, 1.54) is 12.3 Å². The Labute approximate surface area is 116 Å². The molecule has 7 heteroatoms. The number of likely N-dealkylation sites (tertiary alicyclic amines) is 1. The molecule has 0 atom stereocenters. The summed E-state index contributed by atoms with van der Waals surface area (Å²) in [5.41, 5.74) is 0.0116. The summed E-state index contributed by atoms with van der Waals surface area (Å²) in [6.07, 6.45) is 1.52. The Bertz CT molecular complexity index is 484. The zero-order chi connectivity index (χ0) is 13.3. The molecule has 1 saturated heterocycles. The third-order valence-corrected chi connectivity index (χ3v) is 3.41. The van der Waals surface area contributed by atoms with Crippen LogP contribution in [-0.2, 0) is 0 Å². The molecule has 1 fully saturated rings. The van der Waals surface area contributed by atoms with Crippen molar-refractivity contribution in [1.82, 2.24) is 9.88 Å². The quantitative estimate of drug-likeness (QED) is 0.786. The van der Waals surface area contributed by atoms with Crippen molar-refractivity contribution in [2.45, 2.75) is 18.8 Å². The van der Waals surface area contributed by atoms with Gasteiger partial charge in [0.15, 0.2) is 0 Å². The molecule has 3 nitrogen and oxygen atoms in total. The van der Waals surface area contributed by atoms with Gasteiger partial charge in [-0.1, -0.05) is 11.6 Å². The Morgan fingerprint density at radius 1 is 1.56 bits per heavy atom. The largest absolute Gasteiger partial charge is 0.331 e. The van der Waals surface area contributed by atoms with Gasteiger partial charge in [0.25, 0.3) is 11.8 Å². The van der Waals surface area contributed by atoms with Gasteiger partial charge < -0.3 is 4.90 Å². The number of piperidine rings is 1. The molecule has 2 heterocycles. The van der Waals surface area contributed by atoms with Gasteiger partial charge in [0.05, 0.1) is 11.6 Å². The first-order valence-electron chi connectivity index (χ1n) is 5.37. The molecular formula is C11H10BrClF2N2O. The first-order valence-corrected chi connectivity index (χ1v) is 6.54. The fourth-order valence-electron chi connectivity index (χ4n) is 1.86. The van der Waals surface area contributed by atoms with E-state index in [9.17, 15) is 13.6 Å². The molecule has 0 bridgehead atoms. The molecule has 1 aliphatic rings. The fraction of sp³-hybridized carbons (Fsp3) is 0.455. The summed E-state index contributed by atoms with van der Waals surface area (Å²) in [4.78, 5) is 17.0. The van der Waals surface area contributed by atoms with Crippen molar-refractivity contribution >= 4 is 33.4 Å². The highest BCUT2D eigenvalue weighted by Gasteiger charge is 2.37. The molecule has 0 unspecified atom stereocenters. The smallest absolute Gasteiger partial charge is 0.274 e. The molecule has 2 rings (SSSR count). The maximum absolute atomic E-state index is 13.2. The second kappa shape index (κ2) is 5.09. The predicted molar refractivity (Wildman–Crippen MR) is 67.0 cm³/mol. The van der Waals surface area contributed by atoms with Crippen LogP contribution < -0.4 is 0 Å². The highest BCUT2D eigenvalue weighted by molar-refractivity contribution is 9.10. The van der Waals surface area contributed by atoms with Crippen LogP contribution in [-0.4, -0.2) is 34.8 Å². The van der Waals surface area contributed by atoms with E-state index in [-0.39, 0.29) is 23.6 Å². The van der Waals surface area contributed by atoms with Crippen LogP contribution in [0, 0.1) is 0 Å². The summed E-state index contributed by atoms with van der Waals surface area (Å²) in [5.74, 6) is -3.37. The summed E-state index contributed by atoms with van der Waals surface area (Å²) in [7, 11) is 0. The van der Waals surface area contributed by atoms with Crippen molar-refractivity contribution in [1.29, 1.82) is 0 Å². The van der Waals surface area contributed by atoms with E-state index < -0.39 is 18.4 Å². The van der Waals surface area contributed by atoms with Crippen LogP contribution in [0.4, 0.5) is 8.78 Å². The van der Waals surface area contributed by atoms with Crippen LogP contribution in [0.15, 0.2) is 16.7 Å². The van der Waals surface area contributed by atoms with Gasteiger partial charge in [0, 0.05) is 23.6 Å². The molecule has 1 aromatic heterocycles. The van der Waals surface area contributed by atoms with Crippen molar-refractivity contribution in [3.63, 3.8) is 0 Å². The molecule has 0 spiro atoms. The summed E-state index contributed by atoms with van der Waals surface area (Å²) in [5, 5.41) is 0.156. The lowest BCUT2D eigenvalue weighted by Gasteiger charge is -2.32. The first kappa shape index (κ1) is 13.7. The van der Waals surface area contributed by atoms with Crippen molar-refractivity contribution in [3.05, 3.63) is 27.5 Å². The number of aromatic nitrogens is 1. The summed E-state index contributed by atoms with van der Waals surface area (Å²) in [6.45, 7) is -0.262. The molecular weight excluding hydrogens is 329 g/mol. The summed E-state index contributed by atoms with van der Waals surface area (Å²) >= 11 is 9.05. The Morgan fingerprint density at radius 3 is 2.89 bits per heavy atom. The predicted octanol–water partition coefficient (Wildman–Crippen LogP) is 3.37. The molecule has 98 valence electrons. The Morgan fingerprint density at radius 2 is 2.28 bits per heavy atom. The molecule has 1 aliphatic heterocycles. The van der Waals surface area contributed by atoms with Crippen molar-refractivity contribution in [2.75, 3.05) is 13.1 Å². The second-order valence-electron chi connectivity index (χ2n) is 4.17. The number of alkyl halides is 2. The SMILES string of the molecule is O=C(c1ncc(Br)cc1Cl)N1CCCC(F)(F)C1. The molecule has 1 aromatic rings. The van der Waals surface area contributed by atoms with Gasteiger partial charge in [0.2, 0.25) is 0 Å². The maximum atomic E-state index is 13.2. The highest BCUT2D eigenvalue weighted by Crippen LogP contribution is 2.28. The van der Waals surface area contributed by atoms with Crippen LogP contribution in [0.2, 0.25) is 5.02 Å². The van der Waals surface area contributed by atoms with Gasteiger partial charge in [-0.15, -0.1) is 0 Å². The number of pyridine rings is 1. The second-order valence-corrected chi connectivity index (χ2v) is 5.49. The van der Waals surface area contributed by atoms with E-state index in [0.29, 0.717) is 11.0 Å². The lowest BCUT2D eigenvalue weighted by atomic mass is 10.1. The summed E-state index contributed by atoms with van der Waals surface area (Å²) < 4.78 is 27.1. The number of halogens is 4. The highest BCUT2D eigenvalue weighted by atomic mass is 79.9. The number of carbonyl (C=O) groups is 1. The van der Waals surface area contributed by atoms with Crippen LogP contribution in [0.1, 0.15) is 23.3 Å². The molecule has 0 saturated carbocycles. The Kier molecular flexibility index (Phi) is 3.87. The Balaban J connectivity index is 2.20. The van der Waals surface area contributed by atoms with Gasteiger partial charge in [-0.3, -0.25) is 4.79 Å². The molecule has 0 N–H and O–H groups in total. The van der Waals surface area contributed by atoms with Gasteiger partial charge in [-0.05, 0) is 28.4 Å². The third-order valence-electron chi connectivity index (χ3n) is 2.69. The fourth-order valence-corrected chi connectivity index (χ4v) is 2.57. The lowest BCUT2D eigenvalue weighted by Crippen LogP contribution is -2.46. The van der Waals surface area contributed by atoms with Gasteiger partial charge in [-0.25, -0.2) is 13.8 Å². The number of rotatable bonds is 1. The van der Waals surface area contributed by atoms with Crippen molar-refractivity contribution < 1.29 is 13.6 Å². The molecule has 0 aliphatic carbocycles. The van der Waals surface area contributed by atoms with E-state index in [1.807, 2.05) is 0 Å². The van der Waals surface area contributed by atoms with E-state index >= 15 is 0 Å². The van der Waals surface area contributed by atoms with E-state index in [4.69, 9.17) is 11.6 Å². The van der Waals surface area contributed by atoms with Crippen molar-refractivity contribution in [2.24, 2.45) is 0 Å². The minimum absolute atomic E-state index is 0.0116. The first-order chi connectivity index (χ1) is 8.39. The van der Waals surface area contributed by atoms with Gasteiger partial charge >= 0.3 is 0 Å². The van der Waals surface area contributed by atoms with E-state index in [2.05, 4.69) is 20.9 Å². The summed E-state index contributed by atoms with van der Waals surface area (Å²) in [6, 6.07) is 1.52. The van der Waals surface area contributed by atoms with Crippen LogP contribution in [0.5, 0.6) is 0 Å². The van der Waals surface area contributed by atoms with Crippen LogP contribution in [0.25, 0.3) is 0 Å². The monoisotopic (exact) mass is 338 g/mol. The van der Waals surface area contributed by atoms with Crippen LogP contribution in [0.3, 0.4) is 0 Å². The maximum Gasteiger partial charge on any atom is 0.274 e. The average Bonchev–Trinajstić information content (AvgIpc) is 2.27. The van der Waals surface area contributed by atoms with E-state index in [0.717, 1.165) is 4.90 Å². The van der Waals surface area contributed by atoms with Crippen molar-refractivity contribution in [3.8, 4) is 0 Å².